The number of benzene rings is 2. The molecule has 0 aromatic heterocycles. The Labute approximate surface area is 158 Å². The van der Waals surface area contributed by atoms with Crippen LogP contribution >= 0.6 is 11.6 Å². The number of hydrogen-bond donors (Lipinski definition) is 1. The maximum absolute atomic E-state index is 12.5. The first kappa shape index (κ1) is 18.5. The van der Waals surface area contributed by atoms with Gasteiger partial charge >= 0.3 is 10.2 Å². The number of amides is 1. The van der Waals surface area contributed by atoms with Crippen LogP contribution in [0, 0.1) is 0 Å². The molecule has 1 aliphatic rings. The molecule has 3 rings (SSSR count). The Bertz CT molecular complexity index is 917. The molecular weight excluding hydrogens is 374 g/mol. The lowest BCUT2D eigenvalue weighted by atomic mass is 10.1. The summed E-state index contributed by atoms with van der Waals surface area (Å²) >= 11 is 5.93. The highest BCUT2D eigenvalue weighted by molar-refractivity contribution is 7.94. The predicted molar refractivity (Wildman–Crippen MR) is 104 cm³/mol. The van der Waals surface area contributed by atoms with Crippen molar-refractivity contribution in [1.29, 1.82) is 0 Å². The van der Waals surface area contributed by atoms with Crippen molar-refractivity contribution in [2.45, 2.75) is 12.8 Å². The number of nitrogens with one attached hydrogen (secondary N) is 1. The highest BCUT2D eigenvalue weighted by Crippen LogP contribution is 2.38. The third-order valence-corrected chi connectivity index (χ3v) is 6.34. The molecule has 0 radical (unpaired) electrons. The van der Waals surface area contributed by atoms with Gasteiger partial charge in [0.2, 0.25) is 5.91 Å². The van der Waals surface area contributed by atoms with Crippen molar-refractivity contribution in [3.05, 3.63) is 59.1 Å². The van der Waals surface area contributed by atoms with E-state index in [1.165, 1.54) is 15.7 Å². The first-order chi connectivity index (χ1) is 12.4. The predicted octanol–water partition coefficient (Wildman–Crippen LogP) is 2.59. The fourth-order valence-electron chi connectivity index (χ4n) is 2.91. The highest BCUT2D eigenvalue weighted by atomic mass is 35.5. The van der Waals surface area contributed by atoms with Crippen LogP contribution in [0.15, 0.2) is 48.5 Å². The van der Waals surface area contributed by atoms with Gasteiger partial charge < -0.3 is 5.32 Å². The molecule has 0 unspecified atom stereocenters. The average molecular weight is 394 g/mol. The van der Waals surface area contributed by atoms with E-state index in [4.69, 9.17) is 11.6 Å². The Hall–Kier alpha value is -2.25. The molecular formula is C18H20ClN3O3S. The summed E-state index contributed by atoms with van der Waals surface area (Å²) in [6.07, 6.45) is 0.906. The lowest BCUT2D eigenvalue weighted by Gasteiger charge is -2.19. The second-order valence-corrected chi connectivity index (χ2v) is 8.34. The number of rotatable bonds is 6. The number of hydrogen-bond acceptors (Lipinski definition) is 3. The SMILES string of the molecule is CN1c2ccccc2N(CCNC(=O)CCc2cccc(Cl)c2)S1(=O)=O. The monoisotopic (exact) mass is 393 g/mol. The summed E-state index contributed by atoms with van der Waals surface area (Å²) in [4.78, 5) is 12.0. The third kappa shape index (κ3) is 3.78. The Kier molecular flexibility index (Phi) is 5.38. The molecule has 0 saturated heterocycles. The van der Waals surface area contributed by atoms with Crippen LogP contribution in [0.3, 0.4) is 0 Å². The summed E-state index contributed by atoms with van der Waals surface area (Å²) in [5.74, 6) is -0.122. The molecule has 0 bridgehead atoms. The van der Waals surface area contributed by atoms with E-state index in [1.54, 1.807) is 30.3 Å². The van der Waals surface area contributed by atoms with Crippen molar-refractivity contribution in [2.24, 2.45) is 0 Å². The van der Waals surface area contributed by atoms with Gasteiger partial charge in [-0.15, -0.1) is 0 Å². The van der Waals surface area contributed by atoms with Crippen LogP contribution in [-0.2, 0) is 21.4 Å². The summed E-state index contributed by atoms with van der Waals surface area (Å²) in [7, 11) is -2.06. The zero-order valence-electron chi connectivity index (χ0n) is 14.4. The molecule has 0 spiro atoms. The lowest BCUT2D eigenvalue weighted by Crippen LogP contribution is -2.40. The van der Waals surface area contributed by atoms with Gasteiger partial charge in [0.15, 0.2) is 0 Å². The smallest absolute Gasteiger partial charge is 0.326 e. The molecule has 1 N–H and O–H groups in total. The molecule has 1 amide bonds. The van der Waals surface area contributed by atoms with Gasteiger partial charge in [0.05, 0.1) is 17.9 Å². The molecule has 26 heavy (non-hydrogen) atoms. The van der Waals surface area contributed by atoms with Crippen molar-refractivity contribution < 1.29 is 13.2 Å². The second kappa shape index (κ2) is 7.55. The van der Waals surface area contributed by atoms with Crippen LogP contribution in [0.5, 0.6) is 0 Å². The number of carbonyl (C=O) groups excluding carboxylic acids is 1. The van der Waals surface area contributed by atoms with Crippen LogP contribution < -0.4 is 13.9 Å². The van der Waals surface area contributed by atoms with E-state index in [1.807, 2.05) is 18.2 Å². The normalized spacial score (nSPS) is 15.0. The van der Waals surface area contributed by atoms with E-state index < -0.39 is 10.2 Å². The van der Waals surface area contributed by atoms with Gasteiger partial charge in [-0.3, -0.25) is 9.10 Å². The minimum absolute atomic E-state index is 0.122. The van der Waals surface area contributed by atoms with Gasteiger partial charge in [-0.1, -0.05) is 35.9 Å². The quantitative estimate of drug-likeness (QED) is 0.820. The number of fused-ring (bicyclic) bond motifs is 1. The van der Waals surface area contributed by atoms with Crippen LogP contribution in [-0.4, -0.2) is 34.5 Å². The standard InChI is InChI=1S/C18H20ClN3O3S/c1-21-16-7-2-3-8-17(16)22(26(21,24)25)12-11-20-18(23)10-9-14-5-4-6-15(19)13-14/h2-8,13H,9-12H2,1H3,(H,20,23). The number of carbonyl (C=O) groups is 1. The van der Waals surface area contributed by atoms with Gasteiger partial charge in [0.25, 0.3) is 0 Å². The van der Waals surface area contributed by atoms with E-state index in [0.29, 0.717) is 29.2 Å². The number of nitrogens with zero attached hydrogens (tertiary/aromatic N) is 2. The average Bonchev–Trinajstić information content (AvgIpc) is 2.81. The second-order valence-electron chi connectivity index (χ2n) is 6.02. The molecule has 6 nitrogen and oxygen atoms in total. The van der Waals surface area contributed by atoms with E-state index >= 15 is 0 Å². The fraction of sp³-hybridized carbons (Fsp3) is 0.278. The summed E-state index contributed by atoms with van der Waals surface area (Å²) in [6.45, 7) is 0.433. The van der Waals surface area contributed by atoms with Gasteiger partial charge in [-0.25, -0.2) is 4.31 Å². The maximum Gasteiger partial charge on any atom is 0.326 e. The summed E-state index contributed by atoms with van der Waals surface area (Å²) < 4.78 is 27.6. The van der Waals surface area contributed by atoms with Gasteiger partial charge in [0, 0.05) is 25.0 Å². The Morgan fingerprint density at radius 3 is 2.58 bits per heavy atom. The zero-order valence-corrected chi connectivity index (χ0v) is 15.9. The van der Waals surface area contributed by atoms with Crippen molar-refractivity contribution in [2.75, 3.05) is 28.7 Å². The minimum Gasteiger partial charge on any atom is -0.354 e. The lowest BCUT2D eigenvalue weighted by molar-refractivity contribution is -0.120. The first-order valence-electron chi connectivity index (χ1n) is 8.26. The van der Waals surface area contributed by atoms with E-state index in [-0.39, 0.29) is 19.0 Å². The van der Waals surface area contributed by atoms with Crippen molar-refractivity contribution in [3.8, 4) is 0 Å². The molecule has 2 aromatic carbocycles. The largest absolute Gasteiger partial charge is 0.354 e. The number of para-hydroxylation sites is 2. The van der Waals surface area contributed by atoms with Crippen molar-refractivity contribution >= 4 is 39.1 Å². The molecule has 1 aliphatic heterocycles. The molecule has 0 aliphatic carbocycles. The molecule has 138 valence electrons. The number of halogens is 1. The van der Waals surface area contributed by atoms with Crippen molar-refractivity contribution in [3.63, 3.8) is 0 Å². The van der Waals surface area contributed by atoms with Crippen LogP contribution in [0.1, 0.15) is 12.0 Å². The zero-order chi connectivity index (χ0) is 18.7. The number of aryl methyl sites for hydroxylation is 1. The van der Waals surface area contributed by atoms with E-state index in [9.17, 15) is 13.2 Å². The molecule has 2 aromatic rings. The first-order valence-corrected chi connectivity index (χ1v) is 10.0. The molecule has 0 atom stereocenters. The van der Waals surface area contributed by atoms with Gasteiger partial charge in [0.1, 0.15) is 0 Å². The summed E-state index contributed by atoms with van der Waals surface area (Å²) in [6, 6.07) is 14.5. The summed E-state index contributed by atoms with van der Waals surface area (Å²) in [5, 5.41) is 3.42. The van der Waals surface area contributed by atoms with E-state index in [0.717, 1.165) is 5.56 Å². The number of anilines is 2. The molecule has 0 fully saturated rings. The molecule has 1 heterocycles. The van der Waals surface area contributed by atoms with Crippen LogP contribution in [0.2, 0.25) is 5.02 Å². The van der Waals surface area contributed by atoms with Gasteiger partial charge in [-0.2, -0.15) is 8.42 Å². The summed E-state index contributed by atoms with van der Waals surface area (Å²) in [5.41, 5.74) is 2.26. The fourth-order valence-corrected chi connectivity index (χ4v) is 4.55. The van der Waals surface area contributed by atoms with Crippen LogP contribution in [0.4, 0.5) is 11.4 Å². The molecule has 8 heteroatoms. The highest BCUT2D eigenvalue weighted by Gasteiger charge is 2.37. The molecule has 0 saturated carbocycles. The maximum atomic E-state index is 12.5. The van der Waals surface area contributed by atoms with Gasteiger partial charge in [-0.05, 0) is 36.2 Å². The van der Waals surface area contributed by atoms with E-state index in [2.05, 4.69) is 5.32 Å². The topological polar surface area (TPSA) is 69.7 Å². The van der Waals surface area contributed by atoms with Crippen LogP contribution in [0.25, 0.3) is 0 Å². The van der Waals surface area contributed by atoms with Crippen molar-refractivity contribution in [1.82, 2.24) is 5.32 Å². The third-order valence-electron chi connectivity index (χ3n) is 4.28. The minimum atomic E-state index is -3.58. The Balaban J connectivity index is 1.54. The Morgan fingerprint density at radius 2 is 1.85 bits per heavy atom. The Morgan fingerprint density at radius 1 is 1.12 bits per heavy atom.